The molecule has 2 aromatic rings. The lowest BCUT2D eigenvalue weighted by atomic mass is 10.1. The summed E-state index contributed by atoms with van der Waals surface area (Å²) < 4.78 is 11.0. The number of halogens is 1. The number of carboxylic acid groups (broad SMARTS) is 1. The van der Waals surface area contributed by atoms with Crippen molar-refractivity contribution in [3.63, 3.8) is 0 Å². The zero-order valence-electron chi connectivity index (χ0n) is 18.6. The molecule has 0 unspecified atom stereocenters. The van der Waals surface area contributed by atoms with Crippen molar-refractivity contribution in [2.24, 2.45) is 0 Å². The van der Waals surface area contributed by atoms with E-state index in [1.165, 1.54) is 82.1 Å². The number of alkyl halides is 1. The average molecular weight is 505 g/mol. The van der Waals surface area contributed by atoms with E-state index < -0.39 is 11.9 Å². The molecule has 0 radical (unpaired) electrons. The molecule has 0 aliphatic heterocycles. The van der Waals surface area contributed by atoms with E-state index in [-0.39, 0.29) is 5.56 Å². The third-order valence-corrected chi connectivity index (χ3v) is 5.76. The van der Waals surface area contributed by atoms with Gasteiger partial charge in [-0.1, -0.05) is 67.3 Å². The third kappa shape index (κ3) is 10.3. The Bertz CT molecular complexity index is 802. The number of aromatic carboxylic acids is 1. The molecule has 0 aliphatic carbocycles. The molecule has 0 saturated heterocycles. The van der Waals surface area contributed by atoms with Crippen LogP contribution in [-0.4, -0.2) is 29.0 Å². The summed E-state index contributed by atoms with van der Waals surface area (Å²) in [6.07, 6.45) is 12.8. The van der Waals surface area contributed by atoms with Gasteiger partial charge >= 0.3 is 11.9 Å². The van der Waals surface area contributed by atoms with Gasteiger partial charge in [-0.15, -0.1) is 0 Å². The SMILES string of the molecule is O=C(O)c1ccc(OC(=O)c2ccc(OCCCCCCCCCCCCBr)cc2)cc1. The van der Waals surface area contributed by atoms with Crippen molar-refractivity contribution in [2.75, 3.05) is 11.9 Å². The van der Waals surface area contributed by atoms with Gasteiger partial charge in [0, 0.05) is 5.33 Å². The van der Waals surface area contributed by atoms with Gasteiger partial charge in [-0.25, -0.2) is 9.59 Å². The summed E-state index contributed by atoms with van der Waals surface area (Å²) >= 11 is 3.47. The minimum absolute atomic E-state index is 0.141. The fourth-order valence-corrected chi connectivity index (χ4v) is 3.72. The van der Waals surface area contributed by atoms with Crippen molar-refractivity contribution in [1.29, 1.82) is 0 Å². The Morgan fingerprint density at radius 3 is 1.66 bits per heavy atom. The summed E-state index contributed by atoms with van der Waals surface area (Å²) in [5, 5.41) is 10.0. The van der Waals surface area contributed by atoms with Crippen molar-refractivity contribution in [3.05, 3.63) is 59.7 Å². The lowest BCUT2D eigenvalue weighted by molar-refractivity contribution is 0.0696. The minimum atomic E-state index is -1.02. The molecule has 0 saturated carbocycles. The third-order valence-electron chi connectivity index (χ3n) is 5.20. The summed E-state index contributed by atoms with van der Waals surface area (Å²) in [5.74, 6) is -0.487. The van der Waals surface area contributed by atoms with Crippen LogP contribution in [0.3, 0.4) is 0 Å². The molecule has 0 amide bonds. The molecular weight excluding hydrogens is 472 g/mol. The van der Waals surface area contributed by atoms with E-state index in [0.717, 1.165) is 17.5 Å². The van der Waals surface area contributed by atoms with Gasteiger partial charge in [0.25, 0.3) is 0 Å². The van der Waals surface area contributed by atoms with E-state index in [0.29, 0.717) is 17.9 Å². The Morgan fingerprint density at radius 1 is 0.656 bits per heavy atom. The number of hydrogen-bond acceptors (Lipinski definition) is 4. The first kappa shape index (κ1) is 25.9. The molecule has 6 heteroatoms. The zero-order valence-corrected chi connectivity index (χ0v) is 20.1. The van der Waals surface area contributed by atoms with E-state index >= 15 is 0 Å². The maximum absolute atomic E-state index is 12.2. The van der Waals surface area contributed by atoms with Gasteiger partial charge in [-0.05, 0) is 61.4 Å². The van der Waals surface area contributed by atoms with Gasteiger partial charge in [0.15, 0.2) is 0 Å². The molecule has 0 heterocycles. The first-order valence-electron chi connectivity index (χ1n) is 11.4. The quantitative estimate of drug-likeness (QED) is 0.112. The zero-order chi connectivity index (χ0) is 23.0. The number of unbranched alkanes of at least 4 members (excludes halogenated alkanes) is 9. The Labute approximate surface area is 199 Å². The second-order valence-electron chi connectivity index (χ2n) is 7.82. The van der Waals surface area contributed by atoms with E-state index in [4.69, 9.17) is 14.6 Å². The van der Waals surface area contributed by atoms with E-state index in [2.05, 4.69) is 15.9 Å². The summed E-state index contributed by atoms with van der Waals surface area (Å²) in [6.45, 7) is 0.673. The van der Waals surface area contributed by atoms with Crippen LogP contribution in [0.2, 0.25) is 0 Å². The lowest BCUT2D eigenvalue weighted by Crippen LogP contribution is -2.08. The minimum Gasteiger partial charge on any atom is -0.494 e. The molecule has 0 aliphatic rings. The van der Waals surface area contributed by atoms with Crippen molar-refractivity contribution in [2.45, 2.75) is 64.2 Å². The molecule has 0 atom stereocenters. The average Bonchev–Trinajstić information content (AvgIpc) is 2.80. The van der Waals surface area contributed by atoms with Crippen LogP contribution in [0.1, 0.15) is 84.9 Å². The molecule has 5 nitrogen and oxygen atoms in total. The number of rotatable bonds is 16. The highest BCUT2D eigenvalue weighted by molar-refractivity contribution is 9.09. The summed E-state index contributed by atoms with van der Waals surface area (Å²) in [6, 6.07) is 12.6. The van der Waals surface area contributed by atoms with Crippen LogP contribution >= 0.6 is 15.9 Å². The Kier molecular flexibility index (Phi) is 12.5. The molecule has 1 N–H and O–H groups in total. The maximum atomic E-state index is 12.2. The number of hydrogen-bond donors (Lipinski definition) is 1. The topological polar surface area (TPSA) is 72.8 Å². The molecule has 2 rings (SSSR count). The van der Waals surface area contributed by atoms with Crippen molar-refractivity contribution < 1.29 is 24.2 Å². The van der Waals surface area contributed by atoms with Crippen LogP contribution in [0.5, 0.6) is 11.5 Å². The molecular formula is C26H33BrO5. The smallest absolute Gasteiger partial charge is 0.343 e. The van der Waals surface area contributed by atoms with Crippen LogP contribution < -0.4 is 9.47 Å². The molecule has 0 spiro atoms. The van der Waals surface area contributed by atoms with E-state index in [1.54, 1.807) is 24.3 Å². The van der Waals surface area contributed by atoms with Crippen LogP contribution in [0.15, 0.2) is 48.5 Å². The fourth-order valence-electron chi connectivity index (χ4n) is 3.32. The number of benzene rings is 2. The van der Waals surface area contributed by atoms with Gasteiger partial charge in [0.05, 0.1) is 17.7 Å². The summed E-state index contributed by atoms with van der Waals surface area (Å²) in [7, 11) is 0. The first-order valence-corrected chi connectivity index (χ1v) is 12.6. The van der Waals surface area contributed by atoms with E-state index in [1.807, 2.05) is 0 Å². The molecule has 174 valence electrons. The highest BCUT2D eigenvalue weighted by Gasteiger charge is 2.10. The van der Waals surface area contributed by atoms with Gasteiger partial charge in [0.2, 0.25) is 0 Å². The van der Waals surface area contributed by atoms with Crippen molar-refractivity contribution in [3.8, 4) is 11.5 Å². The van der Waals surface area contributed by atoms with Crippen molar-refractivity contribution in [1.82, 2.24) is 0 Å². The number of ether oxygens (including phenoxy) is 2. The van der Waals surface area contributed by atoms with Gasteiger partial charge in [-0.2, -0.15) is 0 Å². The standard InChI is InChI=1S/C26H33BrO5/c27-19-9-7-5-3-1-2-4-6-8-10-20-31-23-15-13-22(14-16-23)26(30)32-24-17-11-21(12-18-24)25(28)29/h11-18H,1-10,19-20H2,(H,28,29). The van der Waals surface area contributed by atoms with Crippen molar-refractivity contribution >= 4 is 27.9 Å². The second-order valence-corrected chi connectivity index (χ2v) is 8.61. The highest BCUT2D eigenvalue weighted by atomic mass is 79.9. The predicted molar refractivity (Wildman–Crippen MR) is 130 cm³/mol. The van der Waals surface area contributed by atoms with Crippen LogP contribution in [-0.2, 0) is 0 Å². The number of carbonyl (C=O) groups is 2. The highest BCUT2D eigenvalue weighted by Crippen LogP contribution is 2.17. The molecule has 0 fully saturated rings. The number of esters is 1. The lowest BCUT2D eigenvalue weighted by Gasteiger charge is -2.08. The van der Waals surface area contributed by atoms with Crippen LogP contribution in [0.4, 0.5) is 0 Å². The molecule has 2 aromatic carbocycles. The second kappa shape index (κ2) is 15.5. The molecule has 32 heavy (non-hydrogen) atoms. The van der Waals surface area contributed by atoms with Gasteiger partial charge < -0.3 is 14.6 Å². The Morgan fingerprint density at radius 2 is 1.12 bits per heavy atom. The summed E-state index contributed by atoms with van der Waals surface area (Å²) in [4.78, 5) is 23.1. The maximum Gasteiger partial charge on any atom is 0.343 e. The molecule has 0 aromatic heterocycles. The monoisotopic (exact) mass is 504 g/mol. The number of carbonyl (C=O) groups excluding carboxylic acids is 1. The van der Waals surface area contributed by atoms with Gasteiger partial charge in [0.1, 0.15) is 11.5 Å². The largest absolute Gasteiger partial charge is 0.494 e. The fraction of sp³-hybridized carbons (Fsp3) is 0.462. The molecule has 0 bridgehead atoms. The first-order chi connectivity index (χ1) is 15.6. The van der Waals surface area contributed by atoms with Crippen LogP contribution in [0.25, 0.3) is 0 Å². The Hall–Kier alpha value is -2.34. The van der Waals surface area contributed by atoms with E-state index in [9.17, 15) is 9.59 Å². The van der Waals surface area contributed by atoms with Gasteiger partial charge in [-0.3, -0.25) is 0 Å². The predicted octanol–water partition coefficient (Wildman–Crippen LogP) is 7.28. The van der Waals surface area contributed by atoms with Crippen LogP contribution in [0, 0.1) is 0 Å². The number of carboxylic acids is 1. The summed E-state index contributed by atoms with van der Waals surface area (Å²) in [5.41, 5.74) is 0.551. The Balaban J connectivity index is 1.57. The normalized spacial score (nSPS) is 10.7.